The highest BCUT2D eigenvalue weighted by atomic mass is 32.2. The van der Waals surface area contributed by atoms with Crippen LogP contribution in [-0.2, 0) is 9.53 Å². The normalized spacial score (nSPS) is 30.0. The van der Waals surface area contributed by atoms with Crippen LogP contribution in [0.3, 0.4) is 0 Å². The molecule has 1 spiro atoms. The maximum Gasteiger partial charge on any atom is 0.407 e. The van der Waals surface area contributed by atoms with Gasteiger partial charge in [0.25, 0.3) is 0 Å². The summed E-state index contributed by atoms with van der Waals surface area (Å²) in [6.07, 6.45) is 2.76. The van der Waals surface area contributed by atoms with Gasteiger partial charge in [-0.2, -0.15) is 0 Å². The van der Waals surface area contributed by atoms with Crippen molar-refractivity contribution < 1.29 is 14.3 Å². The summed E-state index contributed by atoms with van der Waals surface area (Å²) in [6, 6.07) is 0.193. The van der Waals surface area contributed by atoms with Crippen molar-refractivity contribution >= 4 is 35.4 Å². The molecule has 1 saturated heterocycles. The first-order valence-electron chi connectivity index (χ1n) is 6.65. The molecule has 0 radical (unpaired) electrons. The van der Waals surface area contributed by atoms with E-state index in [9.17, 15) is 9.59 Å². The van der Waals surface area contributed by atoms with Gasteiger partial charge in [-0.05, 0) is 0 Å². The number of amides is 2. The van der Waals surface area contributed by atoms with Gasteiger partial charge in [0, 0.05) is 18.9 Å². The van der Waals surface area contributed by atoms with Gasteiger partial charge in [0.05, 0.1) is 24.2 Å². The summed E-state index contributed by atoms with van der Waals surface area (Å²) in [5, 5.41) is 9.42. The van der Waals surface area contributed by atoms with E-state index in [4.69, 9.17) is 4.74 Å². The number of alkyl carbamates (subject to hydrolysis) is 1. The molecule has 2 fully saturated rings. The molecule has 3 heterocycles. The van der Waals surface area contributed by atoms with E-state index >= 15 is 0 Å². The van der Waals surface area contributed by atoms with Gasteiger partial charge in [-0.25, -0.2) is 14.8 Å². The number of hydrogen-bond acceptors (Lipinski definition) is 7. The first-order valence-corrected chi connectivity index (χ1v) is 7.64. The van der Waals surface area contributed by atoms with Crippen LogP contribution in [0, 0.1) is 0 Å². The van der Waals surface area contributed by atoms with Crippen LogP contribution in [0.1, 0.15) is 12.8 Å². The summed E-state index contributed by atoms with van der Waals surface area (Å²) in [5.41, 5.74) is 0.298. The molecule has 0 unspecified atom stereocenters. The molecule has 3 aliphatic rings. The number of nitrogens with one attached hydrogen (secondary N) is 3. The zero-order valence-electron chi connectivity index (χ0n) is 11.0. The standard InChI is InChI=1S/C12H13N5O3S/c18-8-4-21-9-7(16-8)3-13-10(17-9)15-6-1-12(2-6)5-14-11(19)20-12/h3,6H,1-2,4-5H2,(H,14,19)(H,16,18)(H,13,15,17). The van der Waals surface area contributed by atoms with Crippen LogP contribution in [0.5, 0.6) is 0 Å². The Morgan fingerprint density at radius 3 is 3.05 bits per heavy atom. The van der Waals surface area contributed by atoms with Crippen LogP contribution in [0.15, 0.2) is 11.2 Å². The van der Waals surface area contributed by atoms with E-state index in [2.05, 4.69) is 25.9 Å². The zero-order chi connectivity index (χ0) is 14.4. The Bertz CT molecular complexity index is 631. The third-order valence-electron chi connectivity index (χ3n) is 3.80. The van der Waals surface area contributed by atoms with Crippen LogP contribution >= 0.6 is 11.8 Å². The second kappa shape index (κ2) is 4.48. The maximum absolute atomic E-state index is 11.3. The van der Waals surface area contributed by atoms with Crippen molar-refractivity contribution in [2.75, 3.05) is 22.9 Å². The van der Waals surface area contributed by atoms with Gasteiger partial charge in [-0.15, -0.1) is 0 Å². The molecule has 1 aromatic heterocycles. The smallest absolute Gasteiger partial charge is 0.407 e. The van der Waals surface area contributed by atoms with Gasteiger partial charge in [-0.1, -0.05) is 11.8 Å². The second-order valence-electron chi connectivity index (χ2n) is 5.42. The van der Waals surface area contributed by atoms with Gasteiger partial charge >= 0.3 is 6.09 Å². The third kappa shape index (κ3) is 2.27. The maximum atomic E-state index is 11.3. The minimum absolute atomic E-state index is 0.0340. The Morgan fingerprint density at radius 2 is 2.29 bits per heavy atom. The topological polar surface area (TPSA) is 105 Å². The molecule has 4 rings (SSSR count). The summed E-state index contributed by atoms with van der Waals surface area (Å²) < 4.78 is 5.27. The number of carbonyl (C=O) groups is 2. The molecule has 0 aromatic carbocycles. The van der Waals surface area contributed by atoms with Gasteiger partial charge < -0.3 is 20.7 Å². The van der Waals surface area contributed by atoms with Crippen molar-refractivity contribution in [3.05, 3.63) is 6.20 Å². The van der Waals surface area contributed by atoms with Crippen molar-refractivity contribution in [2.45, 2.75) is 29.5 Å². The first kappa shape index (κ1) is 12.7. The molecule has 110 valence electrons. The van der Waals surface area contributed by atoms with Crippen molar-refractivity contribution in [1.82, 2.24) is 15.3 Å². The van der Waals surface area contributed by atoms with Gasteiger partial charge in [0.15, 0.2) is 0 Å². The molecule has 9 heteroatoms. The quantitative estimate of drug-likeness (QED) is 0.686. The summed E-state index contributed by atoms with van der Waals surface area (Å²) in [7, 11) is 0. The SMILES string of the molecule is O=C1CSc2nc(NC3CC4(CNC(=O)O4)C3)ncc2N1. The molecule has 3 N–H and O–H groups in total. The number of nitrogens with zero attached hydrogens (tertiary/aromatic N) is 2. The number of anilines is 2. The number of aromatic nitrogens is 2. The number of carbonyl (C=O) groups excluding carboxylic acids is 2. The fourth-order valence-corrected chi connectivity index (χ4v) is 3.55. The highest BCUT2D eigenvalue weighted by Gasteiger charge is 2.51. The number of thioether (sulfide) groups is 1. The molecule has 21 heavy (non-hydrogen) atoms. The summed E-state index contributed by atoms with van der Waals surface area (Å²) in [5.74, 6) is 0.875. The van der Waals surface area contributed by atoms with E-state index in [-0.39, 0.29) is 23.6 Å². The van der Waals surface area contributed by atoms with E-state index in [1.165, 1.54) is 11.8 Å². The van der Waals surface area contributed by atoms with Crippen molar-refractivity contribution in [2.24, 2.45) is 0 Å². The Labute approximate surface area is 124 Å². The van der Waals surface area contributed by atoms with E-state index < -0.39 is 0 Å². The Hall–Kier alpha value is -2.03. The van der Waals surface area contributed by atoms with Gasteiger partial charge in [0.1, 0.15) is 10.6 Å². The number of fused-ring (bicyclic) bond motifs is 1. The molecule has 1 saturated carbocycles. The average Bonchev–Trinajstić information content (AvgIpc) is 2.81. The zero-order valence-corrected chi connectivity index (χ0v) is 11.8. The Morgan fingerprint density at radius 1 is 1.43 bits per heavy atom. The average molecular weight is 307 g/mol. The number of rotatable bonds is 2. The lowest BCUT2D eigenvalue weighted by atomic mass is 9.76. The van der Waals surface area contributed by atoms with E-state index in [1.54, 1.807) is 6.20 Å². The van der Waals surface area contributed by atoms with Gasteiger partial charge in [0.2, 0.25) is 11.9 Å². The number of ether oxygens (including phenoxy) is 1. The van der Waals surface area contributed by atoms with E-state index in [0.29, 0.717) is 23.9 Å². The van der Waals surface area contributed by atoms with Gasteiger partial charge in [-0.3, -0.25) is 4.79 Å². The summed E-state index contributed by atoms with van der Waals surface area (Å²) >= 11 is 1.40. The highest BCUT2D eigenvalue weighted by molar-refractivity contribution is 8.00. The fraction of sp³-hybridized carbons (Fsp3) is 0.500. The molecule has 8 nitrogen and oxygen atoms in total. The van der Waals surface area contributed by atoms with Crippen molar-refractivity contribution in [3.8, 4) is 0 Å². The Balaban J connectivity index is 1.40. The van der Waals surface area contributed by atoms with Crippen LogP contribution in [0.2, 0.25) is 0 Å². The van der Waals surface area contributed by atoms with Crippen molar-refractivity contribution in [1.29, 1.82) is 0 Å². The fourth-order valence-electron chi connectivity index (χ4n) is 2.80. The summed E-state index contributed by atoms with van der Waals surface area (Å²) in [6.45, 7) is 0.566. The molecular weight excluding hydrogens is 294 g/mol. The van der Waals surface area contributed by atoms with Crippen LogP contribution < -0.4 is 16.0 Å². The molecule has 2 aliphatic heterocycles. The monoisotopic (exact) mass is 307 g/mol. The lowest BCUT2D eigenvalue weighted by molar-refractivity contribution is -0.113. The second-order valence-corrected chi connectivity index (χ2v) is 6.39. The minimum atomic E-state index is -0.355. The van der Waals surface area contributed by atoms with Crippen LogP contribution in [0.25, 0.3) is 0 Å². The molecule has 0 bridgehead atoms. The van der Waals surface area contributed by atoms with Crippen LogP contribution in [0.4, 0.5) is 16.4 Å². The molecule has 1 aromatic rings. The molecule has 1 aliphatic carbocycles. The molecular formula is C12H13N5O3S. The predicted molar refractivity (Wildman–Crippen MR) is 75.2 cm³/mol. The Kier molecular flexibility index (Phi) is 2.71. The lowest BCUT2D eigenvalue weighted by Crippen LogP contribution is -2.53. The number of hydrogen-bond donors (Lipinski definition) is 3. The van der Waals surface area contributed by atoms with Crippen LogP contribution in [-0.4, -0.2) is 45.9 Å². The van der Waals surface area contributed by atoms with E-state index in [1.807, 2.05) is 0 Å². The van der Waals surface area contributed by atoms with Crippen molar-refractivity contribution in [3.63, 3.8) is 0 Å². The first-order chi connectivity index (χ1) is 10.1. The predicted octanol–water partition coefficient (Wildman–Crippen LogP) is 0.574. The largest absolute Gasteiger partial charge is 0.441 e. The minimum Gasteiger partial charge on any atom is -0.441 e. The van der Waals surface area contributed by atoms with E-state index in [0.717, 1.165) is 17.9 Å². The summed E-state index contributed by atoms with van der Waals surface area (Å²) in [4.78, 5) is 31.0. The third-order valence-corrected chi connectivity index (χ3v) is 4.79. The highest BCUT2D eigenvalue weighted by Crippen LogP contribution is 2.39. The molecule has 2 amide bonds. The molecule has 0 atom stereocenters. The lowest BCUT2D eigenvalue weighted by Gasteiger charge is -2.42.